The van der Waals surface area contributed by atoms with E-state index in [-0.39, 0.29) is 12.0 Å². The number of nitrogens with one attached hydrogen (secondary N) is 2. The minimum Gasteiger partial charge on any atom is -0.370 e. The summed E-state index contributed by atoms with van der Waals surface area (Å²) in [6.07, 6.45) is 0.0320. The van der Waals surface area contributed by atoms with E-state index in [9.17, 15) is 4.79 Å². The molecule has 1 aliphatic heterocycles. The van der Waals surface area contributed by atoms with Gasteiger partial charge >= 0.3 is 0 Å². The lowest BCUT2D eigenvalue weighted by Crippen LogP contribution is -2.49. The number of hydrogen-bond donors (Lipinski definition) is 2. The number of ether oxygens (including phenoxy) is 1. The van der Waals surface area contributed by atoms with Crippen LogP contribution in [0.1, 0.15) is 33.2 Å². The highest BCUT2D eigenvalue weighted by Crippen LogP contribution is 2.24. The average molecular weight is 395 g/mol. The van der Waals surface area contributed by atoms with Crippen LogP contribution in [0, 0.1) is 13.8 Å². The molecule has 0 aromatic heterocycles. The van der Waals surface area contributed by atoms with E-state index in [0.29, 0.717) is 25.3 Å². The number of hydrogen-bond acceptors (Lipinski definition) is 3. The second kappa shape index (κ2) is 10.1. The zero-order valence-electron chi connectivity index (χ0n) is 17.4. The third-order valence-electron chi connectivity index (χ3n) is 5.09. The molecular weight excluding hydrogens is 364 g/mol. The van der Waals surface area contributed by atoms with Crippen molar-refractivity contribution in [2.75, 3.05) is 39.8 Å². The van der Waals surface area contributed by atoms with E-state index in [1.165, 1.54) is 11.1 Å². The van der Waals surface area contributed by atoms with Crippen LogP contribution < -0.4 is 10.6 Å². The smallest absolute Gasteiger partial charge is 0.251 e. The fourth-order valence-corrected chi connectivity index (χ4v) is 3.55. The minimum atomic E-state index is -0.0588. The van der Waals surface area contributed by atoms with Crippen molar-refractivity contribution in [3.63, 3.8) is 0 Å². The van der Waals surface area contributed by atoms with Gasteiger partial charge in [-0.2, -0.15) is 0 Å². The summed E-state index contributed by atoms with van der Waals surface area (Å²) in [5.74, 6) is 0.771. The Labute approximate surface area is 173 Å². The van der Waals surface area contributed by atoms with Gasteiger partial charge in [-0.05, 0) is 37.1 Å². The fourth-order valence-electron chi connectivity index (χ4n) is 3.55. The molecule has 1 atom stereocenters. The van der Waals surface area contributed by atoms with Crippen molar-refractivity contribution in [3.8, 4) is 0 Å². The van der Waals surface area contributed by atoms with Crippen LogP contribution in [0.25, 0.3) is 0 Å². The summed E-state index contributed by atoms with van der Waals surface area (Å²) in [5.41, 5.74) is 4.22. The predicted molar refractivity (Wildman–Crippen MR) is 116 cm³/mol. The summed E-state index contributed by atoms with van der Waals surface area (Å²) in [6.45, 7) is 7.42. The first-order valence-electron chi connectivity index (χ1n) is 10.1. The summed E-state index contributed by atoms with van der Waals surface area (Å²) in [4.78, 5) is 18.9. The molecule has 0 saturated carbocycles. The van der Waals surface area contributed by atoms with E-state index >= 15 is 0 Å². The molecule has 2 N–H and O–H groups in total. The van der Waals surface area contributed by atoms with E-state index < -0.39 is 0 Å². The Kier molecular flexibility index (Phi) is 7.25. The summed E-state index contributed by atoms with van der Waals surface area (Å²) in [5, 5.41) is 6.30. The fraction of sp³-hybridized carbons (Fsp3) is 0.391. The number of amides is 1. The lowest BCUT2D eigenvalue weighted by molar-refractivity contribution is -0.00829. The molecule has 29 heavy (non-hydrogen) atoms. The topological polar surface area (TPSA) is 66.0 Å². The molecule has 0 radical (unpaired) electrons. The number of aliphatic imine (C=N–C) groups is 1. The maximum Gasteiger partial charge on any atom is 0.251 e. The SMILES string of the molecule is CN=C(NCCNC(=O)c1cccc(C)c1)N1CCOC(c2ccccc2C)C1. The molecule has 1 fully saturated rings. The van der Waals surface area contributed by atoms with Crippen LogP contribution in [0.3, 0.4) is 0 Å². The molecule has 6 heteroatoms. The van der Waals surface area contributed by atoms with Crippen LogP contribution in [-0.2, 0) is 4.74 Å². The molecule has 0 bridgehead atoms. The van der Waals surface area contributed by atoms with Gasteiger partial charge in [0.1, 0.15) is 6.10 Å². The van der Waals surface area contributed by atoms with Gasteiger partial charge in [0.25, 0.3) is 5.91 Å². The number of aryl methyl sites for hydroxylation is 2. The van der Waals surface area contributed by atoms with Crippen molar-refractivity contribution in [2.24, 2.45) is 4.99 Å². The standard InChI is InChI=1S/C23H30N4O2/c1-17-7-6-9-19(15-17)22(28)25-11-12-26-23(24-3)27-13-14-29-21(16-27)20-10-5-4-8-18(20)2/h4-10,15,21H,11-14,16H2,1-3H3,(H,24,26)(H,25,28). The molecule has 1 amide bonds. The van der Waals surface area contributed by atoms with Crippen molar-refractivity contribution < 1.29 is 9.53 Å². The van der Waals surface area contributed by atoms with Crippen molar-refractivity contribution in [1.29, 1.82) is 0 Å². The quantitative estimate of drug-likeness (QED) is 0.465. The molecule has 1 saturated heterocycles. The number of carbonyl (C=O) groups excluding carboxylic acids is 1. The van der Waals surface area contributed by atoms with Gasteiger partial charge in [0, 0.05) is 32.2 Å². The maximum absolute atomic E-state index is 12.2. The van der Waals surface area contributed by atoms with Crippen molar-refractivity contribution in [1.82, 2.24) is 15.5 Å². The first kappa shape index (κ1) is 20.9. The van der Waals surface area contributed by atoms with Crippen molar-refractivity contribution >= 4 is 11.9 Å². The van der Waals surface area contributed by atoms with E-state index in [4.69, 9.17) is 4.74 Å². The van der Waals surface area contributed by atoms with Crippen LogP contribution in [0.2, 0.25) is 0 Å². The number of morpholine rings is 1. The summed E-state index contributed by atoms with van der Waals surface area (Å²) in [7, 11) is 1.78. The Bertz CT molecular complexity index is 865. The zero-order chi connectivity index (χ0) is 20.6. The predicted octanol–water partition coefficient (Wildman–Crippen LogP) is 2.68. The highest BCUT2D eigenvalue weighted by atomic mass is 16.5. The zero-order valence-corrected chi connectivity index (χ0v) is 17.4. The number of carbonyl (C=O) groups is 1. The molecular formula is C23H30N4O2. The van der Waals surface area contributed by atoms with Gasteiger partial charge in [-0.25, -0.2) is 0 Å². The summed E-state index contributed by atoms with van der Waals surface area (Å²) < 4.78 is 6.00. The largest absolute Gasteiger partial charge is 0.370 e. The highest BCUT2D eigenvalue weighted by molar-refractivity contribution is 5.94. The van der Waals surface area contributed by atoms with Gasteiger partial charge in [-0.3, -0.25) is 9.79 Å². The van der Waals surface area contributed by atoms with E-state index in [0.717, 1.165) is 24.6 Å². The Hall–Kier alpha value is -2.86. The molecule has 0 spiro atoms. The lowest BCUT2D eigenvalue weighted by Gasteiger charge is -2.35. The van der Waals surface area contributed by atoms with Gasteiger partial charge < -0.3 is 20.3 Å². The molecule has 154 valence electrons. The third-order valence-corrected chi connectivity index (χ3v) is 5.09. The number of nitrogens with zero attached hydrogens (tertiary/aromatic N) is 2. The molecule has 1 heterocycles. The third kappa shape index (κ3) is 5.57. The van der Waals surface area contributed by atoms with Gasteiger partial charge in [0.2, 0.25) is 0 Å². The molecule has 1 aliphatic rings. The Balaban J connectivity index is 1.50. The van der Waals surface area contributed by atoms with Crippen molar-refractivity contribution in [3.05, 3.63) is 70.8 Å². The lowest BCUT2D eigenvalue weighted by atomic mass is 10.0. The Morgan fingerprint density at radius 3 is 2.69 bits per heavy atom. The summed E-state index contributed by atoms with van der Waals surface area (Å²) in [6, 6.07) is 15.9. The normalized spacial score (nSPS) is 17.1. The number of benzene rings is 2. The van der Waals surface area contributed by atoms with E-state index in [2.05, 4.69) is 45.6 Å². The van der Waals surface area contributed by atoms with E-state index in [1.807, 2.05) is 37.3 Å². The number of guanidine groups is 1. The molecule has 0 aliphatic carbocycles. The molecule has 3 rings (SSSR count). The van der Waals surface area contributed by atoms with Gasteiger partial charge in [-0.15, -0.1) is 0 Å². The average Bonchev–Trinajstić information content (AvgIpc) is 2.74. The molecule has 6 nitrogen and oxygen atoms in total. The van der Waals surface area contributed by atoms with Gasteiger partial charge in [-0.1, -0.05) is 42.0 Å². The second-order valence-electron chi connectivity index (χ2n) is 7.26. The van der Waals surface area contributed by atoms with Crippen LogP contribution in [0.5, 0.6) is 0 Å². The first-order valence-corrected chi connectivity index (χ1v) is 10.1. The minimum absolute atomic E-state index is 0.0320. The molecule has 2 aromatic rings. The van der Waals surface area contributed by atoms with Crippen LogP contribution in [0.4, 0.5) is 0 Å². The highest BCUT2D eigenvalue weighted by Gasteiger charge is 2.25. The Morgan fingerprint density at radius 1 is 1.14 bits per heavy atom. The Morgan fingerprint density at radius 2 is 1.93 bits per heavy atom. The monoisotopic (exact) mass is 394 g/mol. The molecule has 1 unspecified atom stereocenters. The van der Waals surface area contributed by atoms with Crippen molar-refractivity contribution in [2.45, 2.75) is 20.0 Å². The molecule has 2 aromatic carbocycles. The maximum atomic E-state index is 12.2. The van der Waals surface area contributed by atoms with Crippen LogP contribution in [-0.4, -0.2) is 56.6 Å². The van der Waals surface area contributed by atoms with E-state index in [1.54, 1.807) is 7.05 Å². The second-order valence-corrected chi connectivity index (χ2v) is 7.26. The van der Waals surface area contributed by atoms with Gasteiger partial charge in [0.15, 0.2) is 5.96 Å². The number of rotatable bonds is 5. The summed E-state index contributed by atoms with van der Waals surface area (Å²) >= 11 is 0. The van der Waals surface area contributed by atoms with Gasteiger partial charge in [0.05, 0.1) is 13.2 Å². The van der Waals surface area contributed by atoms with Crippen LogP contribution in [0.15, 0.2) is 53.5 Å². The first-order chi connectivity index (χ1) is 14.1. The van der Waals surface area contributed by atoms with Crippen LogP contribution >= 0.6 is 0 Å².